The van der Waals surface area contributed by atoms with E-state index in [1.54, 1.807) is 11.3 Å². The van der Waals surface area contributed by atoms with Crippen molar-refractivity contribution in [2.75, 3.05) is 6.54 Å². The van der Waals surface area contributed by atoms with Crippen molar-refractivity contribution < 1.29 is 30.7 Å². The first kappa shape index (κ1) is 20.8. The van der Waals surface area contributed by atoms with Crippen LogP contribution in [0.1, 0.15) is 36.0 Å². The maximum Gasteiger partial charge on any atom is 0.485 e. The van der Waals surface area contributed by atoms with E-state index in [4.69, 9.17) is 13.0 Å². The number of benzene rings is 1. The fraction of sp³-hybridized carbons (Fsp3) is 0.316. The molecule has 4 rings (SSSR count). The first-order valence-corrected chi connectivity index (χ1v) is 11.0. The van der Waals surface area contributed by atoms with E-state index >= 15 is 0 Å². The van der Waals surface area contributed by atoms with Gasteiger partial charge in [0, 0.05) is 24.5 Å². The normalized spacial score (nSPS) is 16.9. The summed E-state index contributed by atoms with van der Waals surface area (Å²) in [6, 6.07) is 11.1. The largest absolute Gasteiger partial charge is 0.741 e. The van der Waals surface area contributed by atoms with E-state index in [9.17, 15) is 13.2 Å². The minimum atomic E-state index is -6.09. The predicted molar refractivity (Wildman–Crippen MR) is 101 cm³/mol. The van der Waals surface area contributed by atoms with Gasteiger partial charge in [-0.05, 0) is 39.9 Å². The lowest BCUT2D eigenvalue weighted by atomic mass is 9.95. The number of allylic oxidation sites excluding steroid dienone is 1. The molecule has 0 saturated carbocycles. The summed E-state index contributed by atoms with van der Waals surface area (Å²) in [4.78, 5) is 0. The lowest BCUT2D eigenvalue weighted by molar-refractivity contribution is -0.548. The van der Waals surface area contributed by atoms with E-state index in [-0.39, 0.29) is 0 Å². The van der Waals surface area contributed by atoms with Crippen molar-refractivity contribution in [2.45, 2.75) is 31.3 Å². The van der Waals surface area contributed by atoms with Crippen LogP contribution in [0, 0.1) is 0 Å². The van der Waals surface area contributed by atoms with Crippen molar-refractivity contribution in [2.24, 2.45) is 0 Å². The fourth-order valence-electron chi connectivity index (χ4n) is 3.28. The smallest absolute Gasteiger partial charge is 0.485 e. The van der Waals surface area contributed by atoms with Gasteiger partial charge in [-0.2, -0.15) is 24.5 Å². The molecule has 4 nitrogen and oxygen atoms in total. The molecule has 0 spiro atoms. The maximum atomic E-state index is 10.7. The summed E-state index contributed by atoms with van der Waals surface area (Å²) < 4.78 is 61.5. The van der Waals surface area contributed by atoms with Gasteiger partial charge in [0.25, 0.3) is 0 Å². The molecule has 2 aliphatic rings. The molecule has 0 bridgehead atoms. The number of nitrogens with zero attached hydrogens (tertiary/aromatic N) is 1. The van der Waals surface area contributed by atoms with Crippen LogP contribution < -0.4 is 0 Å². The van der Waals surface area contributed by atoms with E-state index in [1.807, 2.05) is 0 Å². The van der Waals surface area contributed by atoms with Crippen LogP contribution in [0.15, 0.2) is 47.2 Å². The lowest BCUT2D eigenvalue weighted by Crippen LogP contribution is -2.24. The Balaban J connectivity index is 0.000000242. The van der Waals surface area contributed by atoms with Crippen LogP contribution >= 0.6 is 11.3 Å². The standard InChI is InChI=1S/C18H18NS.CHF3O3S/c1-2-7-17-14(5-1)12-19-9-4-3-6-16(19)11-18(17)15-8-10-20-13-15;2-1(3,4)8(5,6)7/h1-2,5,7-8,10-11,13H,3-4,6,9,12H2;(H,5,6,7)/q+1;/p-1. The molecule has 2 aliphatic heterocycles. The number of alkyl halides is 3. The Bertz CT molecular complexity index is 1010. The first-order chi connectivity index (χ1) is 13.2. The van der Waals surface area contributed by atoms with Crippen molar-refractivity contribution in [1.82, 2.24) is 0 Å². The zero-order chi connectivity index (χ0) is 20.4. The van der Waals surface area contributed by atoms with E-state index in [2.05, 4.69) is 51.7 Å². The monoisotopic (exact) mass is 429 g/mol. The van der Waals surface area contributed by atoms with Gasteiger partial charge in [0.15, 0.2) is 22.4 Å². The highest BCUT2D eigenvalue weighted by molar-refractivity contribution is 7.86. The first-order valence-electron chi connectivity index (χ1n) is 8.62. The number of fused-ring (bicyclic) bond motifs is 1. The van der Waals surface area contributed by atoms with Gasteiger partial charge in [-0.15, -0.1) is 0 Å². The number of thiophene rings is 1. The topological polar surface area (TPSA) is 60.2 Å². The molecule has 0 saturated heterocycles. The molecular weight excluding hydrogens is 411 g/mol. The zero-order valence-corrected chi connectivity index (χ0v) is 16.4. The summed E-state index contributed by atoms with van der Waals surface area (Å²) in [6.45, 7) is 2.27. The fourth-order valence-corrected chi connectivity index (χ4v) is 3.94. The Morgan fingerprint density at radius 3 is 2.46 bits per heavy atom. The molecule has 1 aromatic heterocycles. The van der Waals surface area contributed by atoms with Gasteiger partial charge in [0.1, 0.15) is 6.54 Å². The van der Waals surface area contributed by atoms with E-state index < -0.39 is 15.6 Å². The van der Waals surface area contributed by atoms with E-state index in [0.29, 0.717) is 0 Å². The molecule has 2 aromatic rings. The maximum absolute atomic E-state index is 10.7. The van der Waals surface area contributed by atoms with Gasteiger partial charge < -0.3 is 4.55 Å². The molecule has 0 radical (unpaired) electrons. The van der Waals surface area contributed by atoms with Crippen LogP contribution in [0.4, 0.5) is 13.2 Å². The highest BCUT2D eigenvalue weighted by Crippen LogP contribution is 2.31. The van der Waals surface area contributed by atoms with Crippen molar-refractivity contribution in [1.29, 1.82) is 0 Å². The van der Waals surface area contributed by atoms with Gasteiger partial charge in [-0.1, -0.05) is 24.3 Å². The Labute approximate surface area is 165 Å². The second-order valence-corrected chi connectivity index (χ2v) is 8.65. The molecule has 28 heavy (non-hydrogen) atoms. The minimum absolute atomic E-state index is 1.07. The van der Waals surface area contributed by atoms with Gasteiger partial charge in [-0.25, -0.2) is 13.0 Å². The quantitative estimate of drug-likeness (QED) is 0.384. The molecule has 0 unspecified atom stereocenters. The molecule has 150 valence electrons. The van der Waals surface area contributed by atoms with Crippen LogP contribution in [0.25, 0.3) is 5.57 Å². The van der Waals surface area contributed by atoms with Crippen LogP contribution in [-0.4, -0.2) is 35.3 Å². The zero-order valence-electron chi connectivity index (χ0n) is 14.8. The predicted octanol–water partition coefficient (Wildman–Crippen LogP) is 4.38. The second kappa shape index (κ2) is 8.18. The number of hydrogen-bond donors (Lipinski definition) is 0. The Kier molecular flexibility index (Phi) is 6.07. The third kappa shape index (κ3) is 4.71. The third-order valence-corrected chi connectivity index (χ3v) is 5.86. The lowest BCUT2D eigenvalue weighted by Gasteiger charge is -2.11. The van der Waals surface area contributed by atoms with Gasteiger partial charge in [-0.3, -0.25) is 0 Å². The average molecular weight is 429 g/mol. The molecule has 1 aromatic carbocycles. The van der Waals surface area contributed by atoms with Crippen LogP contribution in [0.3, 0.4) is 0 Å². The molecule has 3 heterocycles. The summed E-state index contributed by atoms with van der Waals surface area (Å²) >= 11 is 1.78. The van der Waals surface area contributed by atoms with E-state index in [1.165, 1.54) is 53.8 Å². The summed E-state index contributed by atoms with van der Waals surface area (Å²) in [5, 5.41) is 4.44. The average Bonchev–Trinajstić information content (AvgIpc) is 3.09. The molecule has 0 fully saturated rings. The van der Waals surface area contributed by atoms with Crippen LogP contribution in [0.2, 0.25) is 0 Å². The second-order valence-electron chi connectivity index (χ2n) is 6.50. The van der Waals surface area contributed by atoms with Gasteiger partial charge >= 0.3 is 5.51 Å². The van der Waals surface area contributed by atoms with Crippen molar-refractivity contribution in [3.05, 3.63) is 63.9 Å². The van der Waals surface area contributed by atoms with Crippen molar-refractivity contribution >= 4 is 32.7 Å². The van der Waals surface area contributed by atoms with Crippen LogP contribution in [-0.2, 0) is 16.7 Å². The molecule has 0 aliphatic carbocycles. The third-order valence-electron chi connectivity index (χ3n) is 4.61. The van der Waals surface area contributed by atoms with E-state index in [0.717, 1.165) is 6.54 Å². The molecule has 0 N–H and O–H groups in total. The summed E-state index contributed by atoms with van der Waals surface area (Å²) in [7, 11) is -6.09. The highest BCUT2D eigenvalue weighted by atomic mass is 32.2. The Hall–Kier alpha value is -1.97. The number of rotatable bonds is 1. The minimum Gasteiger partial charge on any atom is -0.741 e. The summed E-state index contributed by atoms with van der Waals surface area (Å²) in [5.74, 6) is 0. The SMILES string of the molecule is C1=C(c2ccsc2)c2ccccc2C[N+]2=C1CCCC2.O=S(=O)([O-])C(F)(F)F. The summed E-state index contributed by atoms with van der Waals surface area (Å²) in [5.41, 5.74) is 1.51. The molecular formula is C19H18F3NO3S2. The summed E-state index contributed by atoms with van der Waals surface area (Å²) in [6.07, 6.45) is 6.32. The molecule has 0 atom stereocenters. The van der Waals surface area contributed by atoms with Gasteiger partial charge in [0.05, 0.1) is 0 Å². The molecule has 9 heteroatoms. The number of hydrogen-bond acceptors (Lipinski definition) is 4. The van der Waals surface area contributed by atoms with Crippen molar-refractivity contribution in [3.63, 3.8) is 0 Å². The highest BCUT2D eigenvalue weighted by Gasteiger charge is 2.36. The van der Waals surface area contributed by atoms with Crippen molar-refractivity contribution in [3.8, 4) is 0 Å². The Morgan fingerprint density at radius 1 is 1.11 bits per heavy atom. The number of halogens is 3. The molecule has 0 amide bonds. The van der Waals surface area contributed by atoms with Gasteiger partial charge in [0.2, 0.25) is 0 Å². The van der Waals surface area contributed by atoms with Crippen LogP contribution in [0.5, 0.6) is 0 Å². The Morgan fingerprint density at radius 2 is 1.82 bits per heavy atom.